The van der Waals surface area contributed by atoms with Crippen LogP contribution in [-0.4, -0.2) is 47.9 Å². The van der Waals surface area contributed by atoms with Gasteiger partial charge in [-0.15, -0.1) is 11.3 Å². The summed E-state index contributed by atoms with van der Waals surface area (Å²) in [6.07, 6.45) is -1.10. The van der Waals surface area contributed by atoms with E-state index in [2.05, 4.69) is 4.98 Å². The van der Waals surface area contributed by atoms with Crippen molar-refractivity contribution in [3.05, 3.63) is 77.4 Å². The van der Waals surface area contributed by atoms with Crippen molar-refractivity contribution < 1.29 is 26.3 Å². The third kappa shape index (κ3) is 5.19. The lowest BCUT2D eigenvalue weighted by molar-refractivity contribution is -0.137. The zero-order valence-corrected chi connectivity index (χ0v) is 20.8. The minimum Gasteiger partial charge on any atom is -0.377 e. The molecule has 2 aromatic heterocycles. The topological polar surface area (TPSA) is 63.9 Å². The fourth-order valence-corrected chi connectivity index (χ4v) is 6.73. The van der Waals surface area contributed by atoms with Crippen molar-refractivity contribution in [2.75, 3.05) is 19.7 Å². The smallest absolute Gasteiger partial charge is 0.377 e. The number of hydrogen-bond acceptors (Lipinski definition) is 5. The molecular weight excluding hydrogens is 511 g/mol. The highest BCUT2D eigenvalue weighted by Gasteiger charge is 2.34. The van der Waals surface area contributed by atoms with Gasteiger partial charge in [-0.1, -0.05) is 36.4 Å². The Balaban J connectivity index is 1.42. The number of fused-ring (bicyclic) bond motifs is 1. The van der Waals surface area contributed by atoms with E-state index in [9.17, 15) is 21.6 Å². The minimum atomic E-state index is -4.63. The van der Waals surface area contributed by atoms with Gasteiger partial charge in [0.05, 0.1) is 22.3 Å². The fourth-order valence-electron chi connectivity index (χ4n) is 4.30. The summed E-state index contributed by atoms with van der Waals surface area (Å²) < 4.78 is 75.6. The van der Waals surface area contributed by atoms with Crippen LogP contribution in [0.3, 0.4) is 0 Å². The summed E-state index contributed by atoms with van der Waals surface area (Å²) in [4.78, 5) is 5.08. The maximum Gasteiger partial charge on any atom is 0.416 e. The Kier molecular flexibility index (Phi) is 6.90. The first-order chi connectivity index (χ1) is 17.2. The number of sulfonamides is 1. The number of rotatable bonds is 8. The molecule has 0 amide bonds. The molecule has 1 atom stereocenters. The van der Waals surface area contributed by atoms with Gasteiger partial charge in [-0.3, -0.25) is 4.40 Å². The summed E-state index contributed by atoms with van der Waals surface area (Å²) in [6.45, 7) is 0.735. The second-order valence-electron chi connectivity index (χ2n) is 8.65. The molecule has 2 aromatic carbocycles. The van der Waals surface area contributed by atoms with Crippen LogP contribution in [0.25, 0.3) is 16.2 Å². The number of ether oxygens (including phenoxy) is 1. The molecule has 1 saturated heterocycles. The molecule has 1 fully saturated rings. The van der Waals surface area contributed by atoms with Crippen molar-refractivity contribution in [2.24, 2.45) is 0 Å². The molecule has 11 heteroatoms. The second kappa shape index (κ2) is 9.97. The van der Waals surface area contributed by atoms with Crippen molar-refractivity contribution in [1.82, 2.24) is 13.7 Å². The van der Waals surface area contributed by atoms with Gasteiger partial charge in [0.2, 0.25) is 10.0 Å². The van der Waals surface area contributed by atoms with Crippen LogP contribution in [0, 0.1) is 0 Å². The van der Waals surface area contributed by atoms with Crippen LogP contribution >= 0.6 is 11.3 Å². The zero-order valence-electron chi connectivity index (χ0n) is 19.2. The fraction of sp³-hybridized carbons (Fsp3) is 0.320. The standard InChI is InChI=1S/C25H24F3N3O3S2/c26-25(27,28)19-8-4-10-22(14-19)36(32,33)30(15-21-9-5-13-34-21)12-11-20-17-35-24-29-23(16-31(20)24)18-6-2-1-3-7-18/h1-4,6-8,10,14,16-17,21H,5,9,11-13,15H2. The number of thiazole rings is 1. The molecule has 3 heterocycles. The highest BCUT2D eigenvalue weighted by Crippen LogP contribution is 2.32. The van der Waals surface area contributed by atoms with Crippen LogP contribution in [0.15, 0.2) is 71.1 Å². The summed E-state index contributed by atoms with van der Waals surface area (Å²) in [5.41, 5.74) is 1.68. The Morgan fingerprint density at radius 3 is 2.67 bits per heavy atom. The Morgan fingerprint density at radius 1 is 1.14 bits per heavy atom. The van der Waals surface area contributed by atoms with E-state index in [1.165, 1.54) is 21.7 Å². The minimum absolute atomic E-state index is 0.0883. The molecule has 1 unspecified atom stereocenters. The third-order valence-electron chi connectivity index (χ3n) is 6.20. The Bertz CT molecular complexity index is 1440. The molecule has 1 aliphatic heterocycles. The normalized spacial score (nSPS) is 16.8. The molecule has 6 nitrogen and oxygen atoms in total. The van der Waals surface area contributed by atoms with Gasteiger partial charge >= 0.3 is 6.18 Å². The number of nitrogens with zero attached hydrogens (tertiary/aromatic N) is 3. The molecule has 0 aliphatic carbocycles. The maximum absolute atomic E-state index is 13.5. The molecule has 0 saturated carbocycles. The maximum atomic E-state index is 13.5. The first kappa shape index (κ1) is 24.9. The first-order valence-corrected chi connectivity index (χ1v) is 13.8. The van der Waals surface area contributed by atoms with E-state index in [1.54, 1.807) is 0 Å². The molecule has 0 radical (unpaired) electrons. The molecule has 5 rings (SSSR count). The van der Waals surface area contributed by atoms with E-state index in [0.717, 1.165) is 40.5 Å². The Morgan fingerprint density at radius 2 is 1.94 bits per heavy atom. The number of benzene rings is 2. The lowest BCUT2D eigenvalue weighted by Gasteiger charge is -2.25. The van der Waals surface area contributed by atoms with Crippen LogP contribution < -0.4 is 0 Å². The van der Waals surface area contributed by atoms with Crippen molar-refractivity contribution in [2.45, 2.75) is 36.4 Å². The molecule has 190 valence electrons. The van der Waals surface area contributed by atoms with Crippen molar-refractivity contribution >= 4 is 26.3 Å². The van der Waals surface area contributed by atoms with Crippen molar-refractivity contribution in [1.29, 1.82) is 0 Å². The summed E-state index contributed by atoms with van der Waals surface area (Å²) in [7, 11) is -4.18. The van der Waals surface area contributed by atoms with Gasteiger partial charge in [0, 0.05) is 49.0 Å². The van der Waals surface area contributed by atoms with E-state index < -0.39 is 21.8 Å². The van der Waals surface area contributed by atoms with Crippen molar-refractivity contribution in [3.63, 3.8) is 0 Å². The number of aromatic nitrogens is 2. The predicted molar refractivity (Wildman–Crippen MR) is 131 cm³/mol. The monoisotopic (exact) mass is 535 g/mol. The average Bonchev–Trinajstić information content (AvgIpc) is 3.60. The molecular formula is C25H24F3N3O3S2. The van der Waals surface area contributed by atoms with Gasteiger partial charge in [0.1, 0.15) is 0 Å². The molecule has 0 N–H and O–H groups in total. The second-order valence-corrected chi connectivity index (χ2v) is 11.4. The number of hydrogen-bond donors (Lipinski definition) is 0. The van der Waals surface area contributed by atoms with Crippen LogP contribution in [-0.2, 0) is 27.4 Å². The summed E-state index contributed by atoms with van der Waals surface area (Å²) in [6, 6.07) is 13.6. The number of halogens is 3. The number of imidazole rings is 1. The van der Waals surface area contributed by atoms with E-state index in [1.807, 2.05) is 46.3 Å². The molecule has 1 aliphatic rings. The van der Waals surface area contributed by atoms with Crippen LogP contribution in [0.2, 0.25) is 0 Å². The first-order valence-electron chi connectivity index (χ1n) is 11.5. The molecule has 4 aromatic rings. The molecule has 36 heavy (non-hydrogen) atoms. The van der Waals surface area contributed by atoms with Crippen LogP contribution in [0.4, 0.5) is 13.2 Å². The Hall–Kier alpha value is -2.73. The van der Waals surface area contributed by atoms with Gasteiger partial charge in [0.15, 0.2) is 4.96 Å². The van der Waals surface area contributed by atoms with E-state index >= 15 is 0 Å². The summed E-state index contributed by atoms with van der Waals surface area (Å²) in [5, 5.41) is 1.93. The largest absolute Gasteiger partial charge is 0.416 e. The van der Waals surface area contributed by atoms with E-state index in [4.69, 9.17) is 4.74 Å². The lowest BCUT2D eigenvalue weighted by Crippen LogP contribution is -2.39. The van der Waals surface area contributed by atoms with Crippen molar-refractivity contribution in [3.8, 4) is 11.3 Å². The zero-order chi connectivity index (χ0) is 25.3. The van der Waals surface area contributed by atoms with Gasteiger partial charge in [0.25, 0.3) is 0 Å². The molecule has 0 bridgehead atoms. The van der Waals surface area contributed by atoms with Gasteiger partial charge in [-0.05, 0) is 31.0 Å². The van der Waals surface area contributed by atoms with Gasteiger partial charge in [-0.25, -0.2) is 13.4 Å². The third-order valence-corrected chi connectivity index (χ3v) is 8.95. The Labute approximate surface area is 211 Å². The number of alkyl halides is 3. The predicted octanol–water partition coefficient (Wildman–Crippen LogP) is 5.49. The van der Waals surface area contributed by atoms with Crippen LogP contribution in [0.5, 0.6) is 0 Å². The molecule has 0 spiro atoms. The van der Waals surface area contributed by atoms with Gasteiger partial charge < -0.3 is 4.74 Å². The lowest BCUT2D eigenvalue weighted by atomic mass is 10.2. The van der Waals surface area contributed by atoms with E-state index in [-0.39, 0.29) is 24.1 Å². The van der Waals surface area contributed by atoms with E-state index in [0.29, 0.717) is 25.5 Å². The van der Waals surface area contributed by atoms with Crippen LogP contribution in [0.1, 0.15) is 24.1 Å². The quantitative estimate of drug-likeness (QED) is 0.299. The average molecular weight is 536 g/mol. The summed E-state index contributed by atoms with van der Waals surface area (Å²) in [5.74, 6) is 0. The summed E-state index contributed by atoms with van der Waals surface area (Å²) >= 11 is 1.46. The highest BCUT2D eigenvalue weighted by molar-refractivity contribution is 7.89. The SMILES string of the molecule is O=S(=O)(c1cccc(C(F)(F)F)c1)N(CCc1csc2nc(-c3ccccc3)cn12)CC1CCCO1. The van der Waals surface area contributed by atoms with Gasteiger partial charge in [-0.2, -0.15) is 17.5 Å². The highest BCUT2D eigenvalue weighted by atomic mass is 32.2.